The Bertz CT molecular complexity index is 508. The van der Waals surface area contributed by atoms with Crippen molar-refractivity contribution in [2.24, 2.45) is 5.73 Å². The number of benzene rings is 1. The Morgan fingerprint density at radius 3 is 2.44 bits per heavy atom. The molecule has 1 heterocycles. The number of hydrogen-bond acceptors (Lipinski definition) is 3. The Morgan fingerprint density at radius 1 is 1.28 bits per heavy atom. The van der Waals surface area contributed by atoms with Gasteiger partial charge in [-0.2, -0.15) is 8.78 Å². The third-order valence-electron chi connectivity index (χ3n) is 2.42. The van der Waals surface area contributed by atoms with Crippen LogP contribution in [0, 0.1) is 0 Å². The van der Waals surface area contributed by atoms with E-state index in [0.29, 0.717) is 5.82 Å². The molecule has 18 heavy (non-hydrogen) atoms. The molecule has 0 bridgehead atoms. The molecule has 1 aromatic carbocycles. The van der Waals surface area contributed by atoms with E-state index in [-0.39, 0.29) is 11.8 Å². The molecule has 96 valence electrons. The maximum Gasteiger partial charge on any atom is 0.387 e. The SMILES string of the molecule is CC(N)c1ncc(-c2ccc(OC(F)F)cc2)[nH]1. The number of hydrogen-bond donors (Lipinski definition) is 2. The summed E-state index contributed by atoms with van der Waals surface area (Å²) in [6.07, 6.45) is 1.65. The minimum absolute atomic E-state index is 0.126. The van der Waals surface area contributed by atoms with E-state index in [0.717, 1.165) is 11.3 Å². The Kier molecular flexibility index (Phi) is 3.57. The molecular weight excluding hydrogens is 240 g/mol. The molecule has 0 amide bonds. The predicted octanol–water partition coefficient (Wildman–Crippen LogP) is 2.70. The number of alkyl halides is 2. The largest absolute Gasteiger partial charge is 0.435 e. The van der Waals surface area contributed by atoms with Crippen LogP contribution in [-0.2, 0) is 0 Å². The van der Waals surface area contributed by atoms with Crippen molar-refractivity contribution < 1.29 is 13.5 Å². The molecule has 2 rings (SSSR count). The monoisotopic (exact) mass is 253 g/mol. The summed E-state index contributed by atoms with van der Waals surface area (Å²) >= 11 is 0. The number of nitrogens with two attached hydrogens (primary N) is 1. The fourth-order valence-electron chi connectivity index (χ4n) is 1.53. The first-order valence-corrected chi connectivity index (χ1v) is 5.42. The lowest BCUT2D eigenvalue weighted by Crippen LogP contribution is -2.06. The van der Waals surface area contributed by atoms with Crippen molar-refractivity contribution in [1.82, 2.24) is 9.97 Å². The van der Waals surface area contributed by atoms with Crippen molar-refractivity contribution in [3.8, 4) is 17.0 Å². The fraction of sp³-hybridized carbons (Fsp3) is 0.250. The molecule has 0 saturated carbocycles. The summed E-state index contributed by atoms with van der Waals surface area (Å²) in [6.45, 7) is -0.991. The van der Waals surface area contributed by atoms with Crippen molar-refractivity contribution in [2.75, 3.05) is 0 Å². The molecule has 2 aromatic rings. The highest BCUT2D eigenvalue weighted by Crippen LogP contribution is 2.22. The van der Waals surface area contributed by atoms with E-state index < -0.39 is 6.61 Å². The zero-order chi connectivity index (χ0) is 13.1. The maximum absolute atomic E-state index is 12.0. The minimum Gasteiger partial charge on any atom is -0.435 e. The normalized spacial score (nSPS) is 12.7. The summed E-state index contributed by atoms with van der Waals surface area (Å²) in [7, 11) is 0. The van der Waals surface area contributed by atoms with Crippen molar-refractivity contribution in [2.45, 2.75) is 19.6 Å². The topological polar surface area (TPSA) is 63.9 Å². The Balaban J connectivity index is 2.17. The third kappa shape index (κ3) is 2.84. The second-order valence-electron chi connectivity index (χ2n) is 3.87. The van der Waals surface area contributed by atoms with Crippen LogP contribution in [0.25, 0.3) is 11.3 Å². The van der Waals surface area contributed by atoms with Gasteiger partial charge < -0.3 is 15.5 Å². The van der Waals surface area contributed by atoms with E-state index in [2.05, 4.69) is 14.7 Å². The molecule has 0 fully saturated rings. The average molecular weight is 253 g/mol. The number of ether oxygens (including phenoxy) is 1. The Morgan fingerprint density at radius 2 is 1.94 bits per heavy atom. The van der Waals surface area contributed by atoms with Gasteiger partial charge in [-0.3, -0.25) is 0 Å². The van der Waals surface area contributed by atoms with E-state index in [1.165, 1.54) is 12.1 Å². The molecule has 6 heteroatoms. The van der Waals surface area contributed by atoms with Crippen LogP contribution in [-0.4, -0.2) is 16.6 Å². The van der Waals surface area contributed by atoms with Crippen molar-refractivity contribution >= 4 is 0 Å². The van der Waals surface area contributed by atoms with Crippen LogP contribution in [0.5, 0.6) is 5.75 Å². The van der Waals surface area contributed by atoms with Crippen LogP contribution >= 0.6 is 0 Å². The van der Waals surface area contributed by atoms with Gasteiger partial charge in [0.1, 0.15) is 11.6 Å². The molecule has 0 saturated heterocycles. The summed E-state index contributed by atoms with van der Waals surface area (Å²) in [4.78, 5) is 7.20. The molecule has 0 aliphatic heterocycles. The van der Waals surface area contributed by atoms with Crippen molar-refractivity contribution in [3.05, 3.63) is 36.3 Å². The maximum atomic E-state index is 12.0. The van der Waals surface area contributed by atoms with Gasteiger partial charge >= 0.3 is 6.61 Å². The molecule has 1 aromatic heterocycles. The standard InChI is InChI=1S/C12H13F2N3O/c1-7(15)11-16-6-10(17-11)8-2-4-9(5-3-8)18-12(13)14/h2-7,12H,15H2,1H3,(H,16,17). The van der Waals surface area contributed by atoms with Gasteiger partial charge in [-0.05, 0) is 36.8 Å². The van der Waals surface area contributed by atoms with Crippen molar-refractivity contribution in [1.29, 1.82) is 0 Å². The molecule has 1 unspecified atom stereocenters. The number of nitrogens with zero attached hydrogens (tertiary/aromatic N) is 1. The number of nitrogens with one attached hydrogen (secondary N) is 1. The first kappa shape index (κ1) is 12.5. The molecule has 0 radical (unpaired) electrons. The highest BCUT2D eigenvalue weighted by Gasteiger charge is 2.08. The van der Waals surface area contributed by atoms with Crippen LogP contribution in [0.2, 0.25) is 0 Å². The van der Waals surface area contributed by atoms with Gasteiger partial charge in [-0.15, -0.1) is 0 Å². The first-order chi connectivity index (χ1) is 8.56. The third-order valence-corrected chi connectivity index (χ3v) is 2.42. The predicted molar refractivity (Wildman–Crippen MR) is 63.3 cm³/mol. The van der Waals surface area contributed by atoms with Crippen molar-refractivity contribution in [3.63, 3.8) is 0 Å². The van der Waals surface area contributed by atoms with Crippen LogP contribution in [0.3, 0.4) is 0 Å². The van der Waals surface area contributed by atoms with Crippen LogP contribution < -0.4 is 10.5 Å². The van der Waals surface area contributed by atoms with Crippen LogP contribution in [0.15, 0.2) is 30.5 Å². The molecule has 0 spiro atoms. The van der Waals surface area contributed by atoms with E-state index >= 15 is 0 Å². The van der Waals surface area contributed by atoms with Gasteiger partial charge in [0, 0.05) is 0 Å². The lowest BCUT2D eigenvalue weighted by atomic mass is 10.2. The van der Waals surface area contributed by atoms with Gasteiger partial charge in [0.2, 0.25) is 0 Å². The zero-order valence-corrected chi connectivity index (χ0v) is 9.73. The fourth-order valence-corrected chi connectivity index (χ4v) is 1.53. The molecular formula is C12H13F2N3O. The van der Waals surface area contributed by atoms with E-state index in [9.17, 15) is 8.78 Å². The van der Waals surface area contributed by atoms with E-state index in [1.807, 2.05) is 6.92 Å². The second-order valence-corrected chi connectivity index (χ2v) is 3.87. The molecule has 3 N–H and O–H groups in total. The van der Waals surface area contributed by atoms with Gasteiger partial charge in [0.05, 0.1) is 17.9 Å². The minimum atomic E-state index is -2.81. The highest BCUT2D eigenvalue weighted by molar-refractivity contribution is 5.59. The Hall–Kier alpha value is -1.95. The van der Waals surface area contributed by atoms with Crippen LogP contribution in [0.4, 0.5) is 8.78 Å². The number of halogens is 2. The lowest BCUT2D eigenvalue weighted by molar-refractivity contribution is -0.0498. The number of aromatic amines is 1. The second kappa shape index (κ2) is 5.14. The zero-order valence-electron chi connectivity index (χ0n) is 9.73. The number of aromatic nitrogens is 2. The van der Waals surface area contributed by atoms with Gasteiger partial charge in [0.25, 0.3) is 0 Å². The number of rotatable bonds is 4. The summed E-state index contributed by atoms with van der Waals surface area (Å²) < 4.78 is 28.2. The van der Waals surface area contributed by atoms with Crippen LogP contribution in [0.1, 0.15) is 18.8 Å². The quantitative estimate of drug-likeness (QED) is 0.880. The summed E-state index contributed by atoms with van der Waals surface area (Å²) in [5.41, 5.74) is 7.30. The highest BCUT2D eigenvalue weighted by atomic mass is 19.3. The number of H-pyrrole nitrogens is 1. The molecule has 4 nitrogen and oxygen atoms in total. The summed E-state index contributed by atoms with van der Waals surface area (Å²) in [5.74, 6) is 0.804. The Labute approximate surface area is 103 Å². The summed E-state index contributed by atoms with van der Waals surface area (Å²) in [6, 6.07) is 6.13. The van der Waals surface area contributed by atoms with Gasteiger partial charge in [0.15, 0.2) is 0 Å². The number of imidazole rings is 1. The van der Waals surface area contributed by atoms with Gasteiger partial charge in [-0.25, -0.2) is 4.98 Å². The first-order valence-electron chi connectivity index (χ1n) is 5.42. The average Bonchev–Trinajstić information content (AvgIpc) is 2.78. The molecule has 0 aliphatic rings. The van der Waals surface area contributed by atoms with E-state index in [4.69, 9.17) is 5.73 Å². The molecule has 1 atom stereocenters. The summed E-state index contributed by atoms with van der Waals surface area (Å²) in [5, 5.41) is 0. The lowest BCUT2D eigenvalue weighted by Gasteiger charge is -2.04. The molecule has 0 aliphatic carbocycles. The smallest absolute Gasteiger partial charge is 0.387 e. The van der Waals surface area contributed by atoms with Gasteiger partial charge in [-0.1, -0.05) is 0 Å². The van der Waals surface area contributed by atoms with E-state index in [1.54, 1.807) is 18.3 Å².